The maximum Gasteiger partial charge on any atom is 0.00866 e. The zero-order valence-corrected chi connectivity index (χ0v) is 7.74. The molecule has 66 valence electrons. The van der Waals surface area contributed by atoms with E-state index < -0.39 is 0 Å². The van der Waals surface area contributed by atoms with Gasteiger partial charge in [-0.05, 0) is 36.3 Å². The molecule has 0 nitrogen and oxygen atoms in total. The largest absolute Gasteiger partial charge is 0.0807 e. The molecule has 0 aromatic heterocycles. The maximum atomic E-state index is 2.45. The van der Waals surface area contributed by atoms with Crippen LogP contribution in [-0.4, -0.2) is 0 Å². The topological polar surface area (TPSA) is 0 Å². The first-order valence-electron chi connectivity index (χ1n) is 5.19. The average molecular weight is 170 g/mol. The average Bonchev–Trinajstić information content (AvgIpc) is 2.56. The second kappa shape index (κ2) is 2.73. The van der Waals surface area contributed by atoms with Crippen LogP contribution >= 0.6 is 0 Å². The summed E-state index contributed by atoms with van der Waals surface area (Å²) in [6.07, 6.45) is 17.8. The normalized spacial score (nSPS) is 35.1. The molecule has 0 aromatic rings. The van der Waals surface area contributed by atoms with Crippen LogP contribution in [0.3, 0.4) is 0 Å². The fourth-order valence-electron chi connectivity index (χ4n) is 2.73. The number of hydrogen-bond acceptors (Lipinski definition) is 0. The van der Waals surface area contributed by atoms with Gasteiger partial charge in [0.1, 0.15) is 0 Å². The lowest BCUT2D eigenvalue weighted by molar-refractivity contribution is 0.597. The number of fused-ring (bicyclic) bond motifs is 3. The number of allylic oxidation sites excluding steroid dienone is 8. The van der Waals surface area contributed by atoms with E-state index >= 15 is 0 Å². The summed E-state index contributed by atoms with van der Waals surface area (Å²) in [5.41, 5.74) is 3.24. The van der Waals surface area contributed by atoms with Crippen molar-refractivity contribution in [3.63, 3.8) is 0 Å². The Morgan fingerprint density at radius 1 is 1.00 bits per heavy atom. The van der Waals surface area contributed by atoms with Crippen LogP contribution in [0.25, 0.3) is 0 Å². The van der Waals surface area contributed by atoms with E-state index in [2.05, 4.69) is 36.5 Å². The van der Waals surface area contributed by atoms with E-state index in [-0.39, 0.29) is 0 Å². The molecule has 0 saturated heterocycles. The molecule has 0 aliphatic heterocycles. The minimum absolute atomic E-state index is 0.705. The standard InChI is InChI=1S/C13H14/c1-3-7-12-10(5-1)9-11-6-2-4-8-13(11)12/h1,3,5-8,10,12H,2,4,9H2. The fraction of sp³-hybridized carbons (Fsp3) is 0.385. The van der Waals surface area contributed by atoms with Crippen molar-refractivity contribution < 1.29 is 0 Å². The molecule has 0 bridgehead atoms. The molecule has 0 heteroatoms. The third-order valence-electron chi connectivity index (χ3n) is 3.36. The van der Waals surface area contributed by atoms with Crippen molar-refractivity contribution in [3.05, 3.63) is 47.6 Å². The van der Waals surface area contributed by atoms with Gasteiger partial charge < -0.3 is 0 Å². The van der Waals surface area contributed by atoms with Gasteiger partial charge in [-0.3, -0.25) is 0 Å². The maximum absolute atomic E-state index is 2.45. The van der Waals surface area contributed by atoms with Crippen molar-refractivity contribution in [3.8, 4) is 0 Å². The SMILES string of the molecule is C1=CC2CC3=CCCC=C3C2C=C1. The van der Waals surface area contributed by atoms with Gasteiger partial charge in [0.2, 0.25) is 0 Å². The third kappa shape index (κ3) is 1.05. The monoisotopic (exact) mass is 170 g/mol. The fourth-order valence-corrected chi connectivity index (χ4v) is 2.73. The Balaban J connectivity index is 2.03. The van der Waals surface area contributed by atoms with Gasteiger partial charge in [-0.25, -0.2) is 0 Å². The van der Waals surface area contributed by atoms with Crippen LogP contribution in [0.5, 0.6) is 0 Å². The van der Waals surface area contributed by atoms with Gasteiger partial charge in [0.25, 0.3) is 0 Å². The Hall–Kier alpha value is -1.04. The van der Waals surface area contributed by atoms with Crippen molar-refractivity contribution in [1.82, 2.24) is 0 Å². The number of hydrogen-bond donors (Lipinski definition) is 0. The lowest BCUT2D eigenvalue weighted by Gasteiger charge is -2.16. The molecular weight excluding hydrogens is 156 g/mol. The molecule has 0 spiro atoms. The van der Waals surface area contributed by atoms with Crippen LogP contribution < -0.4 is 0 Å². The van der Waals surface area contributed by atoms with Gasteiger partial charge in [0.15, 0.2) is 0 Å². The summed E-state index contributed by atoms with van der Waals surface area (Å²) in [7, 11) is 0. The molecule has 3 rings (SSSR count). The van der Waals surface area contributed by atoms with Crippen LogP contribution in [-0.2, 0) is 0 Å². The van der Waals surface area contributed by atoms with E-state index in [4.69, 9.17) is 0 Å². The minimum atomic E-state index is 0.705. The predicted molar refractivity (Wildman–Crippen MR) is 55.3 cm³/mol. The van der Waals surface area contributed by atoms with Crippen LogP contribution in [0.1, 0.15) is 19.3 Å². The molecule has 13 heavy (non-hydrogen) atoms. The summed E-state index contributed by atoms with van der Waals surface area (Å²) >= 11 is 0. The van der Waals surface area contributed by atoms with Crippen LogP contribution in [0.2, 0.25) is 0 Å². The lowest BCUT2D eigenvalue weighted by Crippen LogP contribution is -2.06. The van der Waals surface area contributed by atoms with E-state index in [1.807, 2.05) is 0 Å². The van der Waals surface area contributed by atoms with E-state index in [1.165, 1.54) is 19.3 Å². The lowest BCUT2D eigenvalue weighted by atomic mass is 9.88. The summed E-state index contributed by atoms with van der Waals surface area (Å²) in [5, 5.41) is 0. The van der Waals surface area contributed by atoms with Gasteiger partial charge in [-0.1, -0.05) is 36.5 Å². The van der Waals surface area contributed by atoms with E-state index in [1.54, 1.807) is 11.1 Å². The molecule has 1 fully saturated rings. The Kier molecular flexibility index (Phi) is 1.55. The molecule has 3 aliphatic carbocycles. The molecular formula is C13H14. The molecule has 2 unspecified atom stereocenters. The van der Waals surface area contributed by atoms with Gasteiger partial charge in [0, 0.05) is 5.92 Å². The molecule has 3 aliphatic rings. The summed E-state index contributed by atoms with van der Waals surface area (Å²) in [6, 6.07) is 0. The van der Waals surface area contributed by atoms with Crippen molar-refractivity contribution >= 4 is 0 Å². The molecule has 0 aromatic carbocycles. The minimum Gasteiger partial charge on any atom is -0.0807 e. The zero-order valence-electron chi connectivity index (χ0n) is 7.74. The Labute approximate surface area is 79.3 Å². The van der Waals surface area contributed by atoms with Crippen LogP contribution in [0.4, 0.5) is 0 Å². The Bertz CT molecular complexity index is 339. The molecule has 0 radical (unpaired) electrons. The van der Waals surface area contributed by atoms with Gasteiger partial charge in [-0.2, -0.15) is 0 Å². The first-order valence-corrected chi connectivity index (χ1v) is 5.19. The summed E-state index contributed by atoms with van der Waals surface area (Å²) in [5.74, 6) is 1.47. The predicted octanol–water partition coefficient (Wildman–Crippen LogP) is 3.40. The highest BCUT2D eigenvalue weighted by atomic mass is 14.4. The van der Waals surface area contributed by atoms with Crippen molar-refractivity contribution in [2.24, 2.45) is 11.8 Å². The van der Waals surface area contributed by atoms with Crippen LogP contribution in [0.15, 0.2) is 47.6 Å². The molecule has 0 heterocycles. The Morgan fingerprint density at radius 3 is 2.85 bits per heavy atom. The molecule has 2 atom stereocenters. The van der Waals surface area contributed by atoms with E-state index in [0.717, 1.165) is 5.92 Å². The van der Waals surface area contributed by atoms with Gasteiger partial charge >= 0.3 is 0 Å². The second-order valence-electron chi connectivity index (χ2n) is 4.13. The third-order valence-corrected chi connectivity index (χ3v) is 3.36. The highest BCUT2D eigenvalue weighted by Crippen LogP contribution is 2.45. The molecule has 0 N–H and O–H groups in total. The zero-order chi connectivity index (χ0) is 8.67. The molecule has 1 saturated carbocycles. The summed E-state index contributed by atoms with van der Waals surface area (Å²) in [4.78, 5) is 0. The summed E-state index contributed by atoms with van der Waals surface area (Å²) < 4.78 is 0. The molecule has 0 amide bonds. The number of rotatable bonds is 0. The Morgan fingerprint density at radius 2 is 1.85 bits per heavy atom. The first kappa shape index (κ1) is 7.37. The first-order chi connectivity index (χ1) is 6.45. The van der Waals surface area contributed by atoms with Crippen molar-refractivity contribution in [2.45, 2.75) is 19.3 Å². The van der Waals surface area contributed by atoms with Crippen LogP contribution in [0, 0.1) is 11.8 Å². The highest BCUT2D eigenvalue weighted by molar-refractivity contribution is 5.46. The van der Waals surface area contributed by atoms with E-state index in [0.29, 0.717) is 5.92 Å². The van der Waals surface area contributed by atoms with Crippen molar-refractivity contribution in [2.75, 3.05) is 0 Å². The van der Waals surface area contributed by atoms with Crippen molar-refractivity contribution in [1.29, 1.82) is 0 Å². The highest BCUT2D eigenvalue weighted by Gasteiger charge is 2.32. The van der Waals surface area contributed by atoms with Gasteiger partial charge in [-0.15, -0.1) is 0 Å². The second-order valence-corrected chi connectivity index (χ2v) is 4.13. The van der Waals surface area contributed by atoms with E-state index in [9.17, 15) is 0 Å². The quantitative estimate of drug-likeness (QED) is 0.522. The van der Waals surface area contributed by atoms with Gasteiger partial charge in [0.05, 0.1) is 0 Å². The smallest absolute Gasteiger partial charge is 0.00866 e. The summed E-state index contributed by atoms with van der Waals surface area (Å²) in [6.45, 7) is 0.